The van der Waals surface area contributed by atoms with Crippen LogP contribution in [0.1, 0.15) is 17.1 Å². The summed E-state index contributed by atoms with van der Waals surface area (Å²) in [5, 5.41) is 3.11. The second-order valence-corrected chi connectivity index (χ2v) is 3.47. The van der Waals surface area contributed by atoms with E-state index in [2.05, 4.69) is 27.2 Å². The normalized spacial score (nSPS) is 15.9. The van der Waals surface area contributed by atoms with Crippen molar-refractivity contribution in [2.45, 2.75) is 20.0 Å². The van der Waals surface area contributed by atoms with E-state index in [9.17, 15) is 0 Å². The molecule has 0 fully saturated rings. The molecule has 4 heteroatoms. The summed E-state index contributed by atoms with van der Waals surface area (Å²) in [6, 6.07) is 0. The fourth-order valence-corrected chi connectivity index (χ4v) is 1.74. The molecule has 1 aliphatic heterocycles. The summed E-state index contributed by atoms with van der Waals surface area (Å²) in [5.74, 6) is 1.82. The van der Waals surface area contributed by atoms with Gasteiger partial charge in [0, 0.05) is 25.7 Å². The van der Waals surface area contributed by atoms with E-state index in [0.29, 0.717) is 0 Å². The van der Waals surface area contributed by atoms with Crippen LogP contribution in [-0.4, -0.2) is 29.0 Å². The van der Waals surface area contributed by atoms with Gasteiger partial charge in [-0.3, -0.25) is 4.90 Å². The molecule has 0 amide bonds. The number of aromatic nitrogens is 2. The highest BCUT2D eigenvalue weighted by atomic mass is 15.2. The van der Waals surface area contributed by atoms with Crippen LogP contribution in [-0.2, 0) is 13.1 Å². The van der Waals surface area contributed by atoms with Crippen molar-refractivity contribution in [1.82, 2.24) is 14.9 Å². The lowest BCUT2D eigenvalue weighted by molar-refractivity contribution is 0.351. The van der Waals surface area contributed by atoms with Crippen LogP contribution in [0.4, 0.5) is 5.82 Å². The number of nitrogens with zero attached hydrogens (tertiary/aromatic N) is 3. The molecule has 1 aromatic heterocycles. The molecule has 0 atom stereocenters. The van der Waals surface area contributed by atoms with Gasteiger partial charge in [-0.1, -0.05) is 0 Å². The fraction of sp³-hybridized carbons (Fsp3) is 0.556. The molecule has 2 rings (SSSR count). The zero-order valence-electron chi connectivity index (χ0n) is 8.26. The fourth-order valence-electron chi connectivity index (χ4n) is 1.74. The van der Waals surface area contributed by atoms with Gasteiger partial charge in [0.15, 0.2) is 0 Å². The van der Waals surface area contributed by atoms with E-state index in [0.717, 1.165) is 24.7 Å². The third-order valence-corrected chi connectivity index (χ3v) is 2.29. The first-order valence-electron chi connectivity index (χ1n) is 4.43. The van der Waals surface area contributed by atoms with Crippen LogP contribution >= 0.6 is 0 Å². The molecule has 1 N–H and O–H groups in total. The highest BCUT2D eigenvalue weighted by molar-refractivity contribution is 5.47. The Balaban J connectivity index is 2.50. The van der Waals surface area contributed by atoms with Crippen LogP contribution in [0.3, 0.4) is 0 Å². The first kappa shape index (κ1) is 8.44. The van der Waals surface area contributed by atoms with Gasteiger partial charge < -0.3 is 5.32 Å². The Morgan fingerprint density at radius 1 is 1.31 bits per heavy atom. The number of nitrogens with one attached hydrogen (secondary N) is 1. The molecule has 0 bridgehead atoms. The van der Waals surface area contributed by atoms with Crippen LogP contribution in [0.5, 0.6) is 0 Å². The van der Waals surface area contributed by atoms with E-state index in [-0.39, 0.29) is 0 Å². The molecule has 0 radical (unpaired) electrons. The molecule has 0 aliphatic carbocycles. The van der Waals surface area contributed by atoms with Gasteiger partial charge in [-0.15, -0.1) is 0 Å². The predicted octanol–water partition coefficient (Wildman–Crippen LogP) is 0.772. The lowest BCUT2D eigenvalue weighted by atomic mass is 10.2. The summed E-state index contributed by atoms with van der Waals surface area (Å²) in [7, 11) is 4.00. The van der Waals surface area contributed by atoms with Gasteiger partial charge in [0.1, 0.15) is 11.6 Å². The van der Waals surface area contributed by atoms with Gasteiger partial charge >= 0.3 is 0 Å². The maximum atomic E-state index is 4.42. The lowest BCUT2D eigenvalue weighted by Gasteiger charge is -2.06. The van der Waals surface area contributed by atoms with Crippen molar-refractivity contribution in [3.63, 3.8) is 0 Å². The van der Waals surface area contributed by atoms with Crippen molar-refractivity contribution in [3.05, 3.63) is 17.1 Å². The third-order valence-electron chi connectivity index (χ3n) is 2.29. The first-order valence-corrected chi connectivity index (χ1v) is 4.43. The number of anilines is 1. The summed E-state index contributed by atoms with van der Waals surface area (Å²) >= 11 is 0. The minimum atomic E-state index is 0.846. The molecule has 0 saturated carbocycles. The third kappa shape index (κ3) is 1.37. The number of hydrogen-bond donors (Lipinski definition) is 1. The topological polar surface area (TPSA) is 41.1 Å². The molecule has 70 valence electrons. The molecule has 2 heterocycles. The Labute approximate surface area is 78.0 Å². The minimum absolute atomic E-state index is 0.846. The average Bonchev–Trinajstić information content (AvgIpc) is 2.43. The summed E-state index contributed by atoms with van der Waals surface area (Å²) in [6.45, 7) is 3.82. The maximum absolute atomic E-state index is 4.42. The number of fused-ring (bicyclic) bond motifs is 1. The smallest absolute Gasteiger partial charge is 0.134 e. The Morgan fingerprint density at radius 3 is 2.77 bits per heavy atom. The van der Waals surface area contributed by atoms with Crippen molar-refractivity contribution >= 4 is 5.82 Å². The summed E-state index contributed by atoms with van der Waals surface area (Å²) in [6.07, 6.45) is 0. The monoisotopic (exact) mass is 178 g/mol. The Hall–Kier alpha value is -1.16. The summed E-state index contributed by atoms with van der Waals surface area (Å²) in [5.41, 5.74) is 2.41. The van der Waals surface area contributed by atoms with E-state index < -0.39 is 0 Å². The van der Waals surface area contributed by atoms with Crippen LogP contribution in [0.15, 0.2) is 0 Å². The molecule has 0 aromatic carbocycles. The molecular formula is C9H14N4. The maximum Gasteiger partial charge on any atom is 0.134 e. The summed E-state index contributed by atoms with van der Waals surface area (Å²) < 4.78 is 0. The van der Waals surface area contributed by atoms with E-state index in [1.807, 2.05) is 14.0 Å². The number of rotatable bonds is 1. The van der Waals surface area contributed by atoms with Crippen molar-refractivity contribution < 1.29 is 0 Å². The minimum Gasteiger partial charge on any atom is -0.373 e. The molecule has 0 spiro atoms. The lowest BCUT2D eigenvalue weighted by Crippen LogP contribution is -2.08. The zero-order valence-corrected chi connectivity index (χ0v) is 8.26. The highest BCUT2D eigenvalue weighted by Gasteiger charge is 2.21. The number of hydrogen-bond acceptors (Lipinski definition) is 4. The van der Waals surface area contributed by atoms with Crippen molar-refractivity contribution in [2.24, 2.45) is 0 Å². The molecule has 1 aliphatic rings. The van der Waals surface area contributed by atoms with Gasteiger partial charge in [0.25, 0.3) is 0 Å². The van der Waals surface area contributed by atoms with Gasteiger partial charge in [-0.25, -0.2) is 9.97 Å². The average molecular weight is 178 g/mol. The van der Waals surface area contributed by atoms with E-state index in [1.54, 1.807) is 0 Å². The van der Waals surface area contributed by atoms with Crippen LogP contribution < -0.4 is 5.32 Å². The first-order chi connectivity index (χ1) is 6.20. The molecule has 4 nitrogen and oxygen atoms in total. The molecule has 13 heavy (non-hydrogen) atoms. The largest absolute Gasteiger partial charge is 0.373 e. The zero-order chi connectivity index (χ0) is 9.42. The van der Waals surface area contributed by atoms with Crippen molar-refractivity contribution in [2.75, 3.05) is 19.4 Å². The Kier molecular flexibility index (Phi) is 1.92. The quantitative estimate of drug-likeness (QED) is 0.689. The van der Waals surface area contributed by atoms with Gasteiger partial charge in [0.05, 0.1) is 5.69 Å². The van der Waals surface area contributed by atoms with Gasteiger partial charge in [-0.05, 0) is 14.0 Å². The number of aryl methyl sites for hydroxylation is 1. The summed E-state index contributed by atoms with van der Waals surface area (Å²) in [4.78, 5) is 11.0. The van der Waals surface area contributed by atoms with Crippen LogP contribution in [0, 0.1) is 6.92 Å². The molecule has 0 unspecified atom stereocenters. The highest BCUT2D eigenvalue weighted by Crippen LogP contribution is 2.24. The van der Waals surface area contributed by atoms with Crippen LogP contribution in [0.25, 0.3) is 0 Å². The van der Waals surface area contributed by atoms with E-state index in [4.69, 9.17) is 0 Å². The van der Waals surface area contributed by atoms with E-state index >= 15 is 0 Å². The SMILES string of the molecule is CNc1nc(C)nc2c1CN(C)C2. The molecule has 0 saturated heterocycles. The van der Waals surface area contributed by atoms with Gasteiger partial charge in [0.2, 0.25) is 0 Å². The standard InChI is InChI=1S/C9H14N4/c1-6-11-8-5-13(3)4-7(8)9(10-2)12-6/h4-5H2,1-3H3,(H,10,11,12). The second kappa shape index (κ2) is 2.96. The van der Waals surface area contributed by atoms with Crippen molar-refractivity contribution in [3.8, 4) is 0 Å². The molecular weight excluding hydrogens is 164 g/mol. The van der Waals surface area contributed by atoms with Gasteiger partial charge in [-0.2, -0.15) is 0 Å². The Morgan fingerprint density at radius 2 is 2.08 bits per heavy atom. The second-order valence-electron chi connectivity index (χ2n) is 3.47. The van der Waals surface area contributed by atoms with E-state index in [1.165, 1.54) is 11.3 Å². The predicted molar refractivity (Wildman–Crippen MR) is 51.5 cm³/mol. The van der Waals surface area contributed by atoms with Crippen LogP contribution in [0.2, 0.25) is 0 Å². The van der Waals surface area contributed by atoms with Crippen molar-refractivity contribution in [1.29, 1.82) is 0 Å². The Bertz CT molecular complexity index is 335. The molecule has 1 aromatic rings.